The van der Waals surface area contributed by atoms with E-state index in [1.165, 1.54) is 44.1 Å². The number of hydrogen-bond acceptors (Lipinski definition) is 3. The van der Waals surface area contributed by atoms with Gasteiger partial charge in [-0.1, -0.05) is 0 Å². The maximum absolute atomic E-state index is 12.8. The first-order valence-electron chi connectivity index (χ1n) is 9.41. The van der Waals surface area contributed by atoms with Gasteiger partial charge < -0.3 is 0 Å². The van der Waals surface area contributed by atoms with E-state index < -0.39 is 0 Å². The van der Waals surface area contributed by atoms with Crippen LogP contribution in [0.2, 0.25) is 0 Å². The zero-order valence-electron chi connectivity index (χ0n) is 14.6. The highest BCUT2D eigenvalue weighted by atomic mass is 32.2. The molecule has 1 atom stereocenters. The first-order valence-corrected chi connectivity index (χ1v) is 10.5. The number of amides is 1. The lowest BCUT2D eigenvalue weighted by Gasteiger charge is -2.59. The van der Waals surface area contributed by atoms with E-state index in [1.807, 2.05) is 18.7 Å². The van der Waals surface area contributed by atoms with Gasteiger partial charge in [0.05, 0.1) is 11.1 Å². The lowest BCUT2D eigenvalue weighted by Crippen LogP contribution is -2.55. The Bertz CT molecular complexity index is 645. The normalized spacial score (nSPS) is 40.6. The van der Waals surface area contributed by atoms with Crippen molar-refractivity contribution in [2.24, 2.45) is 23.2 Å². The summed E-state index contributed by atoms with van der Waals surface area (Å²) in [5.41, 5.74) is 2.57. The standard InChI is InChI=1S/C20H26N2OS/c1-12-3-13(2)21-17(4-12)22-18(23)11-24-19(22)20-8-14-5-15(9-20)7-16(6-14)10-20/h3-4,14-16,19H,5-11H2,1-2H3. The lowest BCUT2D eigenvalue weighted by atomic mass is 9.49. The van der Waals surface area contributed by atoms with E-state index in [2.05, 4.69) is 24.0 Å². The second-order valence-corrected chi connectivity index (χ2v) is 9.92. The molecule has 1 aliphatic heterocycles. The van der Waals surface area contributed by atoms with Gasteiger partial charge in [-0.25, -0.2) is 4.98 Å². The quantitative estimate of drug-likeness (QED) is 0.802. The molecule has 0 aromatic carbocycles. The minimum atomic E-state index is 0.262. The smallest absolute Gasteiger partial charge is 0.239 e. The fourth-order valence-electron chi connectivity index (χ4n) is 6.55. The van der Waals surface area contributed by atoms with Crippen LogP contribution in [0.1, 0.15) is 49.8 Å². The summed E-state index contributed by atoms with van der Waals surface area (Å²) in [6.07, 6.45) is 8.37. The minimum absolute atomic E-state index is 0.262. The summed E-state index contributed by atoms with van der Waals surface area (Å²) in [6.45, 7) is 4.13. The van der Waals surface area contributed by atoms with Crippen LogP contribution in [-0.2, 0) is 4.79 Å². The third kappa shape index (κ3) is 2.25. The Kier molecular flexibility index (Phi) is 3.32. The molecule has 128 valence electrons. The number of aryl methyl sites for hydroxylation is 2. The molecule has 2 heterocycles. The van der Waals surface area contributed by atoms with Crippen LogP contribution in [0.5, 0.6) is 0 Å². The summed E-state index contributed by atoms with van der Waals surface area (Å²) in [6, 6.07) is 4.20. The molecule has 5 aliphatic rings. The highest BCUT2D eigenvalue weighted by Crippen LogP contribution is 2.64. The molecule has 6 rings (SSSR count). The molecule has 4 heteroatoms. The van der Waals surface area contributed by atoms with Crippen LogP contribution < -0.4 is 4.90 Å². The molecule has 3 nitrogen and oxygen atoms in total. The maximum Gasteiger partial charge on any atom is 0.239 e. The van der Waals surface area contributed by atoms with Crippen molar-refractivity contribution in [1.82, 2.24) is 4.98 Å². The molecule has 0 radical (unpaired) electrons. The van der Waals surface area contributed by atoms with Gasteiger partial charge in [-0.05, 0) is 87.8 Å². The van der Waals surface area contributed by atoms with Crippen LogP contribution in [0.15, 0.2) is 12.1 Å². The van der Waals surface area contributed by atoms with Crippen molar-refractivity contribution in [3.8, 4) is 0 Å². The zero-order valence-corrected chi connectivity index (χ0v) is 15.4. The van der Waals surface area contributed by atoms with Crippen LogP contribution in [0.4, 0.5) is 5.82 Å². The fraction of sp³-hybridized carbons (Fsp3) is 0.700. The van der Waals surface area contributed by atoms with Crippen molar-refractivity contribution in [3.05, 3.63) is 23.4 Å². The summed E-state index contributed by atoms with van der Waals surface area (Å²) in [7, 11) is 0. The van der Waals surface area contributed by atoms with E-state index in [1.54, 1.807) is 0 Å². The summed E-state index contributed by atoms with van der Waals surface area (Å²) in [5.74, 6) is 4.53. The fourth-order valence-corrected chi connectivity index (χ4v) is 8.00. The Hall–Kier alpha value is -1.03. The molecule has 1 aromatic rings. The lowest BCUT2D eigenvalue weighted by molar-refractivity contribution is -0.117. The highest BCUT2D eigenvalue weighted by molar-refractivity contribution is 8.01. The predicted octanol–water partition coefficient (Wildman–Crippen LogP) is 4.32. The third-order valence-electron chi connectivity index (χ3n) is 6.81. The van der Waals surface area contributed by atoms with Gasteiger partial charge in [0.15, 0.2) is 0 Å². The van der Waals surface area contributed by atoms with E-state index >= 15 is 0 Å². The second-order valence-electron chi connectivity index (χ2n) is 8.85. The first-order chi connectivity index (χ1) is 11.5. The zero-order chi connectivity index (χ0) is 16.5. The summed E-state index contributed by atoms with van der Waals surface area (Å²) < 4.78 is 0. The predicted molar refractivity (Wildman–Crippen MR) is 98.0 cm³/mol. The number of rotatable bonds is 2. The number of carbonyl (C=O) groups is 1. The molecule has 1 unspecified atom stereocenters. The summed E-state index contributed by atoms with van der Waals surface area (Å²) >= 11 is 1.89. The molecule has 1 saturated heterocycles. The van der Waals surface area contributed by atoms with Gasteiger partial charge in [0, 0.05) is 11.1 Å². The van der Waals surface area contributed by atoms with Crippen LogP contribution in [0, 0.1) is 37.0 Å². The largest absolute Gasteiger partial charge is 0.283 e. The topological polar surface area (TPSA) is 33.2 Å². The number of thioether (sulfide) groups is 1. The number of aromatic nitrogens is 1. The van der Waals surface area contributed by atoms with E-state index in [-0.39, 0.29) is 5.91 Å². The minimum Gasteiger partial charge on any atom is -0.283 e. The van der Waals surface area contributed by atoms with Gasteiger partial charge in [-0.2, -0.15) is 0 Å². The van der Waals surface area contributed by atoms with Crippen molar-refractivity contribution < 1.29 is 4.79 Å². The summed E-state index contributed by atoms with van der Waals surface area (Å²) in [5, 5.41) is 0.312. The Morgan fingerprint density at radius 1 is 1.08 bits per heavy atom. The van der Waals surface area contributed by atoms with Crippen LogP contribution in [0.25, 0.3) is 0 Å². The van der Waals surface area contributed by atoms with E-state index in [0.29, 0.717) is 16.5 Å². The highest BCUT2D eigenvalue weighted by Gasteiger charge is 2.58. The van der Waals surface area contributed by atoms with Gasteiger partial charge in [-0.3, -0.25) is 9.69 Å². The van der Waals surface area contributed by atoms with Crippen LogP contribution in [0.3, 0.4) is 0 Å². The number of anilines is 1. The SMILES string of the molecule is Cc1cc(C)nc(N2C(=O)CSC2C23CC4CC(CC(C4)C2)C3)c1. The third-order valence-corrected chi connectivity index (χ3v) is 8.25. The van der Waals surface area contributed by atoms with Crippen molar-refractivity contribution in [1.29, 1.82) is 0 Å². The van der Waals surface area contributed by atoms with Crippen LogP contribution in [-0.4, -0.2) is 22.0 Å². The number of pyridine rings is 1. The molecule has 4 aliphatic carbocycles. The Balaban J connectivity index is 1.54. The van der Waals surface area contributed by atoms with E-state index in [9.17, 15) is 4.79 Å². The average molecular weight is 343 g/mol. The van der Waals surface area contributed by atoms with Gasteiger partial charge in [0.2, 0.25) is 5.91 Å². The molecular weight excluding hydrogens is 316 g/mol. The molecule has 0 N–H and O–H groups in total. The Labute approximate surface area is 148 Å². The van der Waals surface area contributed by atoms with Crippen molar-refractivity contribution in [2.45, 2.75) is 57.7 Å². The molecule has 1 aromatic heterocycles. The van der Waals surface area contributed by atoms with Crippen molar-refractivity contribution in [2.75, 3.05) is 10.7 Å². The maximum atomic E-state index is 12.8. The molecule has 24 heavy (non-hydrogen) atoms. The number of carbonyl (C=O) groups excluding carboxylic acids is 1. The van der Waals surface area contributed by atoms with Crippen molar-refractivity contribution in [3.63, 3.8) is 0 Å². The monoisotopic (exact) mass is 342 g/mol. The molecule has 4 saturated carbocycles. The van der Waals surface area contributed by atoms with E-state index in [4.69, 9.17) is 4.98 Å². The molecule has 4 bridgehead atoms. The van der Waals surface area contributed by atoms with E-state index in [0.717, 1.165) is 29.3 Å². The number of nitrogens with zero attached hydrogens (tertiary/aromatic N) is 2. The number of hydrogen-bond donors (Lipinski definition) is 0. The Morgan fingerprint density at radius 2 is 1.71 bits per heavy atom. The average Bonchev–Trinajstić information content (AvgIpc) is 2.87. The molecule has 5 fully saturated rings. The summed E-state index contributed by atoms with van der Waals surface area (Å²) in [4.78, 5) is 19.6. The molecule has 1 amide bonds. The van der Waals surface area contributed by atoms with Gasteiger partial charge in [0.1, 0.15) is 5.82 Å². The Morgan fingerprint density at radius 3 is 2.29 bits per heavy atom. The first kappa shape index (κ1) is 15.2. The van der Waals surface area contributed by atoms with Gasteiger partial charge >= 0.3 is 0 Å². The van der Waals surface area contributed by atoms with Gasteiger partial charge in [-0.15, -0.1) is 11.8 Å². The second kappa shape index (κ2) is 5.23. The van der Waals surface area contributed by atoms with Crippen LogP contribution >= 0.6 is 11.8 Å². The molecule has 0 spiro atoms. The van der Waals surface area contributed by atoms with Gasteiger partial charge in [0.25, 0.3) is 0 Å². The van der Waals surface area contributed by atoms with Crippen molar-refractivity contribution >= 4 is 23.5 Å². The molecular formula is C20H26N2OS.